The molecule has 0 atom stereocenters. The molecule has 2 aromatic heterocycles. The standard InChI is InChI=1S/C21H16FN3/c22-18-11-5-4-9-16(18)13-20-24-14-19(25-20)17-10-6-12-23-21(17)15-7-2-1-3-8-15/h1-12,14H,13H2,(H,24,25). The minimum absolute atomic E-state index is 0.216. The molecule has 1 N–H and O–H groups in total. The minimum atomic E-state index is -0.216. The predicted octanol–water partition coefficient (Wildman–Crippen LogP) is 4.87. The molecule has 0 spiro atoms. The first-order valence-corrected chi connectivity index (χ1v) is 8.09. The van der Waals surface area contributed by atoms with Crippen molar-refractivity contribution >= 4 is 0 Å². The van der Waals surface area contributed by atoms with Crippen molar-refractivity contribution in [2.24, 2.45) is 0 Å². The van der Waals surface area contributed by atoms with E-state index in [1.165, 1.54) is 6.07 Å². The molecule has 0 saturated heterocycles. The molecule has 0 bridgehead atoms. The first kappa shape index (κ1) is 15.3. The zero-order chi connectivity index (χ0) is 17.1. The maximum atomic E-state index is 13.8. The highest BCUT2D eigenvalue weighted by Crippen LogP contribution is 2.29. The molecule has 2 aromatic carbocycles. The van der Waals surface area contributed by atoms with Gasteiger partial charge in [0.05, 0.1) is 17.6 Å². The van der Waals surface area contributed by atoms with Crippen LogP contribution in [0.5, 0.6) is 0 Å². The first-order valence-electron chi connectivity index (χ1n) is 8.09. The second-order valence-corrected chi connectivity index (χ2v) is 5.78. The largest absolute Gasteiger partial charge is 0.342 e. The number of aromatic nitrogens is 3. The number of hydrogen-bond donors (Lipinski definition) is 1. The Morgan fingerprint density at radius 3 is 2.48 bits per heavy atom. The van der Waals surface area contributed by atoms with E-state index in [2.05, 4.69) is 15.0 Å². The fourth-order valence-electron chi connectivity index (χ4n) is 2.86. The fourth-order valence-corrected chi connectivity index (χ4v) is 2.86. The molecule has 3 nitrogen and oxygen atoms in total. The van der Waals surface area contributed by atoms with Crippen LogP contribution in [0.3, 0.4) is 0 Å². The Hall–Kier alpha value is -3.27. The molecule has 0 amide bonds. The Morgan fingerprint density at radius 1 is 0.840 bits per heavy atom. The second-order valence-electron chi connectivity index (χ2n) is 5.78. The number of hydrogen-bond acceptors (Lipinski definition) is 2. The molecule has 0 radical (unpaired) electrons. The molecule has 4 rings (SSSR count). The van der Waals surface area contributed by atoms with Crippen LogP contribution in [0, 0.1) is 5.82 Å². The second kappa shape index (κ2) is 6.69. The molecule has 0 aliphatic carbocycles. The van der Waals surface area contributed by atoms with Crippen molar-refractivity contribution in [2.75, 3.05) is 0 Å². The van der Waals surface area contributed by atoms with Gasteiger partial charge in [0.2, 0.25) is 0 Å². The van der Waals surface area contributed by atoms with Gasteiger partial charge in [0.25, 0.3) is 0 Å². The lowest BCUT2D eigenvalue weighted by molar-refractivity contribution is 0.612. The molecular formula is C21H16FN3. The fraction of sp³-hybridized carbons (Fsp3) is 0.0476. The van der Waals surface area contributed by atoms with E-state index in [4.69, 9.17) is 0 Å². The van der Waals surface area contributed by atoms with Crippen molar-refractivity contribution in [3.63, 3.8) is 0 Å². The molecule has 0 aliphatic heterocycles. The number of imidazole rings is 1. The van der Waals surface area contributed by atoms with Crippen LogP contribution in [0.2, 0.25) is 0 Å². The summed E-state index contributed by atoms with van der Waals surface area (Å²) in [6, 6.07) is 20.7. The molecular weight excluding hydrogens is 313 g/mol. The van der Waals surface area contributed by atoms with E-state index in [0.29, 0.717) is 12.0 Å². The lowest BCUT2D eigenvalue weighted by Gasteiger charge is -2.06. The van der Waals surface area contributed by atoms with Crippen molar-refractivity contribution in [1.29, 1.82) is 0 Å². The minimum Gasteiger partial charge on any atom is -0.342 e. The van der Waals surface area contributed by atoms with Gasteiger partial charge in [-0.15, -0.1) is 0 Å². The Balaban J connectivity index is 1.69. The van der Waals surface area contributed by atoms with Gasteiger partial charge in [-0.2, -0.15) is 0 Å². The molecule has 0 unspecified atom stereocenters. The number of halogens is 1. The van der Waals surface area contributed by atoms with Crippen LogP contribution in [0.1, 0.15) is 11.4 Å². The first-order chi connectivity index (χ1) is 12.3. The Labute approximate surface area is 145 Å². The molecule has 4 heteroatoms. The SMILES string of the molecule is Fc1ccccc1Cc1ncc(-c2cccnc2-c2ccccc2)[nH]1. The van der Waals surface area contributed by atoms with E-state index in [0.717, 1.165) is 28.3 Å². The van der Waals surface area contributed by atoms with Gasteiger partial charge in [0, 0.05) is 23.7 Å². The summed E-state index contributed by atoms with van der Waals surface area (Å²) >= 11 is 0. The van der Waals surface area contributed by atoms with E-state index in [9.17, 15) is 4.39 Å². The lowest BCUT2D eigenvalue weighted by atomic mass is 10.0. The third-order valence-corrected chi connectivity index (χ3v) is 4.09. The normalized spacial score (nSPS) is 10.8. The monoisotopic (exact) mass is 329 g/mol. The highest BCUT2D eigenvalue weighted by Gasteiger charge is 2.12. The third-order valence-electron chi connectivity index (χ3n) is 4.09. The molecule has 0 fully saturated rings. The van der Waals surface area contributed by atoms with Crippen LogP contribution in [-0.2, 0) is 6.42 Å². The molecule has 25 heavy (non-hydrogen) atoms. The lowest BCUT2D eigenvalue weighted by Crippen LogP contribution is -1.94. The van der Waals surface area contributed by atoms with Gasteiger partial charge in [0.1, 0.15) is 11.6 Å². The highest BCUT2D eigenvalue weighted by atomic mass is 19.1. The number of aromatic amines is 1. The molecule has 122 valence electrons. The van der Waals surface area contributed by atoms with Crippen LogP contribution in [-0.4, -0.2) is 15.0 Å². The average Bonchev–Trinajstić information content (AvgIpc) is 3.13. The number of H-pyrrole nitrogens is 1. The van der Waals surface area contributed by atoms with E-state index in [1.54, 1.807) is 24.5 Å². The number of nitrogens with zero attached hydrogens (tertiary/aromatic N) is 2. The number of rotatable bonds is 4. The van der Waals surface area contributed by atoms with Crippen LogP contribution in [0.15, 0.2) is 79.1 Å². The third kappa shape index (κ3) is 3.19. The summed E-state index contributed by atoms with van der Waals surface area (Å²) in [6.45, 7) is 0. The Morgan fingerprint density at radius 2 is 1.64 bits per heavy atom. The van der Waals surface area contributed by atoms with Crippen LogP contribution in [0.25, 0.3) is 22.5 Å². The zero-order valence-electron chi connectivity index (χ0n) is 13.5. The highest BCUT2D eigenvalue weighted by molar-refractivity contribution is 5.78. The number of pyridine rings is 1. The summed E-state index contributed by atoms with van der Waals surface area (Å²) in [5.74, 6) is 0.509. The van der Waals surface area contributed by atoms with Crippen molar-refractivity contribution in [3.05, 3.63) is 96.3 Å². The summed E-state index contributed by atoms with van der Waals surface area (Å²) in [6.07, 6.45) is 3.98. The van der Waals surface area contributed by atoms with E-state index < -0.39 is 0 Å². The number of nitrogens with one attached hydrogen (secondary N) is 1. The molecule has 4 aromatic rings. The Kier molecular flexibility index (Phi) is 4.09. The molecule has 0 saturated carbocycles. The molecule has 2 heterocycles. The maximum absolute atomic E-state index is 13.8. The van der Waals surface area contributed by atoms with Crippen molar-refractivity contribution < 1.29 is 4.39 Å². The molecule has 0 aliphatic rings. The van der Waals surface area contributed by atoms with Gasteiger partial charge in [-0.3, -0.25) is 4.98 Å². The quantitative estimate of drug-likeness (QED) is 0.580. The smallest absolute Gasteiger partial charge is 0.126 e. The van der Waals surface area contributed by atoms with E-state index in [1.807, 2.05) is 48.5 Å². The summed E-state index contributed by atoms with van der Waals surface area (Å²) in [4.78, 5) is 12.2. The van der Waals surface area contributed by atoms with Gasteiger partial charge in [-0.25, -0.2) is 9.37 Å². The summed E-state index contributed by atoms with van der Waals surface area (Å²) in [7, 11) is 0. The average molecular weight is 329 g/mol. The Bertz CT molecular complexity index is 993. The van der Waals surface area contributed by atoms with Crippen molar-refractivity contribution in [1.82, 2.24) is 15.0 Å². The van der Waals surface area contributed by atoms with Gasteiger partial charge in [-0.1, -0.05) is 48.5 Å². The summed E-state index contributed by atoms with van der Waals surface area (Å²) in [5.41, 5.74) is 4.41. The van der Waals surface area contributed by atoms with Crippen LogP contribution in [0.4, 0.5) is 4.39 Å². The van der Waals surface area contributed by atoms with Gasteiger partial charge < -0.3 is 4.98 Å². The van der Waals surface area contributed by atoms with E-state index in [-0.39, 0.29) is 5.82 Å². The van der Waals surface area contributed by atoms with Gasteiger partial charge in [-0.05, 0) is 23.8 Å². The van der Waals surface area contributed by atoms with Gasteiger partial charge >= 0.3 is 0 Å². The van der Waals surface area contributed by atoms with Crippen molar-refractivity contribution in [2.45, 2.75) is 6.42 Å². The summed E-state index contributed by atoms with van der Waals surface area (Å²) in [5, 5.41) is 0. The number of benzene rings is 2. The topological polar surface area (TPSA) is 41.6 Å². The zero-order valence-corrected chi connectivity index (χ0v) is 13.5. The van der Waals surface area contributed by atoms with Crippen LogP contribution >= 0.6 is 0 Å². The van der Waals surface area contributed by atoms with Crippen molar-refractivity contribution in [3.8, 4) is 22.5 Å². The summed E-state index contributed by atoms with van der Waals surface area (Å²) < 4.78 is 13.8. The van der Waals surface area contributed by atoms with Gasteiger partial charge in [0.15, 0.2) is 0 Å². The maximum Gasteiger partial charge on any atom is 0.126 e. The van der Waals surface area contributed by atoms with E-state index >= 15 is 0 Å². The predicted molar refractivity (Wildman–Crippen MR) is 96.5 cm³/mol. The van der Waals surface area contributed by atoms with Crippen LogP contribution < -0.4 is 0 Å².